The van der Waals surface area contributed by atoms with Gasteiger partial charge in [0.2, 0.25) is 0 Å². The molecule has 2 aliphatic rings. The Bertz CT molecular complexity index is 475. The summed E-state index contributed by atoms with van der Waals surface area (Å²) in [5, 5.41) is 3.35. The summed E-state index contributed by atoms with van der Waals surface area (Å²) in [6.07, 6.45) is 2.81. The Kier molecular flexibility index (Phi) is 3.80. The lowest BCUT2D eigenvalue weighted by Gasteiger charge is -2.24. The summed E-state index contributed by atoms with van der Waals surface area (Å²) in [6, 6.07) is 1.76. The highest BCUT2D eigenvalue weighted by Crippen LogP contribution is 2.43. The van der Waals surface area contributed by atoms with Crippen molar-refractivity contribution in [1.82, 2.24) is 5.32 Å². The first kappa shape index (κ1) is 13.0. The molecule has 1 fully saturated rings. The molecule has 0 amide bonds. The summed E-state index contributed by atoms with van der Waals surface area (Å²) >= 11 is 6.11. The minimum atomic E-state index is -0.361. The number of hydrogen-bond donors (Lipinski definition) is 1. The van der Waals surface area contributed by atoms with Crippen LogP contribution in [0.15, 0.2) is 6.07 Å². The second-order valence-corrected chi connectivity index (χ2v) is 5.39. The van der Waals surface area contributed by atoms with Crippen molar-refractivity contribution in [3.05, 3.63) is 22.5 Å². The Morgan fingerprint density at radius 3 is 2.89 bits per heavy atom. The Balaban J connectivity index is 2.00. The smallest absolute Gasteiger partial charge is 0.182 e. The predicted molar refractivity (Wildman–Crippen MR) is 71.9 cm³/mol. The van der Waals surface area contributed by atoms with Crippen LogP contribution in [-0.4, -0.2) is 26.3 Å². The van der Waals surface area contributed by atoms with E-state index in [9.17, 15) is 4.39 Å². The summed E-state index contributed by atoms with van der Waals surface area (Å²) < 4.78 is 25.5. The topological polar surface area (TPSA) is 30.5 Å². The van der Waals surface area contributed by atoms with E-state index in [2.05, 4.69) is 5.32 Å². The van der Waals surface area contributed by atoms with Crippen LogP contribution in [-0.2, 0) is 0 Å². The summed E-state index contributed by atoms with van der Waals surface area (Å²) in [6.45, 7) is 2.87. The second-order valence-electron chi connectivity index (χ2n) is 5.01. The molecule has 0 radical (unpaired) electrons. The van der Waals surface area contributed by atoms with Crippen LogP contribution in [0.2, 0.25) is 5.02 Å². The molecular weight excluding hydrogens is 269 g/mol. The van der Waals surface area contributed by atoms with Gasteiger partial charge in [0.1, 0.15) is 10.8 Å². The van der Waals surface area contributed by atoms with Crippen LogP contribution in [0.1, 0.15) is 30.7 Å². The minimum Gasteiger partial charge on any atom is -0.489 e. The Labute approximate surface area is 117 Å². The average molecular weight is 286 g/mol. The molecule has 104 valence electrons. The van der Waals surface area contributed by atoms with Crippen LogP contribution in [0, 0.1) is 5.82 Å². The fraction of sp³-hybridized carbons (Fsp3) is 0.571. The van der Waals surface area contributed by atoms with Gasteiger partial charge >= 0.3 is 0 Å². The lowest BCUT2D eigenvalue weighted by Crippen LogP contribution is -2.29. The largest absolute Gasteiger partial charge is 0.489 e. The fourth-order valence-corrected chi connectivity index (χ4v) is 2.93. The zero-order chi connectivity index (χ0) is 13.2. The standard InChI is InChI=1S/C14H17ClFNO2/c15-12-13(16)10(9-3-1-4-17-8-9)7-11-14(12)19-6-2-5-18-11/h7,9,17H,1-6,8H2. The van der Waals surface area contributed by atoms with Crippen LogP contribution in [0.5, 0.6) is 11.5 Å². The fourth-order valence-electron chi connectivity index (χ4n) is 2.68. The van der Waals surface area contributed by atoms with Crippen molar-refractivity contribution >= 4 is 11.6 Å². The Morgan fingerprint density at radius 1 is 1.26 bits per heavy atom. The lowest BCUT2D eigenvalue weighted by molar-refractivity contribution is 0.296. The van der Waals surface area contributed by atoms with Crippen molar-refractivity contribution in [3.8, 4) is 11.5 Å². The highest BCUT2D eigenvalue weighted by Gasteiger charge is 2.26. The first-order chi connectivity index (χ1) is 9.27. The monoisotopic (exact) mass is 285 g/mol. The summed E-state index contributed by atoms with van der Waals surface area (Å²) in [5.74, 6) is 0.719. The van der Waals surface area contributed by atoms with Crippen LogP contribution in [0.25, 0.3) is 0 Å². The normalized spacial score (nSPS) is 22.9. The Hall–Kier alpha value is -1.00. The van der Waals surface area contributed by atoms with Crippen LogP contribution >= 0.6 is 11.6 Å². The van der Waals surface area contributed by atoms with Gasteiger partial charge in [0.05, 0.1) is 13.2 Å². The predicted octanol–water partition coefficient (Wildman–Crippen LogP) is 3.11. The summed E-state index contributed by atoms with van der Waals surface area (Å²) in [4.78, 5) is 0. The van der Waals surface area contributed by atoms with Gasteiger partial charge < -0.3 is 14.8 Å². The highest BCUT2D eigenvalue weighted by atomic mass is 35.5. The van der Waals surface area contributed by atoms with E-state index in [-0.39, 0.29) is 16.8 Å². The molecule has 3 nitrogen and oxygen atoms in total. The summed E-state index contributed by atoms with van der Waals surface area (Å²) in [5.41, 5.74) is 0.640. The Morgan fingerprint density at radius 2 is 2.11 bits per heavy atom. The molecular formula is C14H17ClFNO2. The van der Waals surface area contributed by atoms with Crippen LogP contribution in [0.4, 0.5) is 4.39 Å². The van der Waals surface area contributed by atoms with E-state index in [1.807, 2.05) is 0 Å². The summed E-state index contributed by atoms with van der Waals surface area (Å²) in [7, 11) is 0. The van der Waals surface area contributed by atoms with Gasteiger partial charge in [-0.2, -0.15) is 0 Å². The van der Waals surface area contributed by atoms with Gasteiger partial charge in [0, 0.05) is 13.0 Å². The molecule has 0 spiro atoms. The molecule has 1 N–H and O–H groups in total. The molecule has 1 unspecified atom stereocenters. The van der Waals surface area contributed by atoms with Gasteiger partial charge in [-0.15, -0.1) is 0 Å². The van der Waals surface area contributed by atoms with Crippen molar-refractivity contribution < 1.29 is 13.9 Å². The van der Waals surface area contributed by atoms with Crippen molar-refractivity contribution in [3.63, 3.8) is 0 Å². The SMILES string of the molecule is Fc1c(C2CCCNC2)cc2c(c1Cl)OCCCO2. The quantitative estimate of drug-likeness (QED) is 0.860. The van der Waals surface area contributed by atoms with Gasteiger partial charge in [0.25, 0.3) is 0 Å². The van der Waals surface area contributed by atoms with Crippen molar-refractivity contribution in [2.75, 3.05) is 26.3 Å². The van der Waals surface area contributed by atoms with E-state index in [1.165, 1.54) is 0 Å². The third kappa shape index (κ3) is 2.51. The molecule has 2 aliphatic heterocycles. The van der Waals surface area contributed by atoms with Crippen molar-refractivity contribution in [2.24, 2.45) is 0 Å². The van der Waals surface area contributed by atoms with E-state index in [0.29, 0.717) is 30.3 Å². The van der Waals surface area contributed by atoms with Gasteiger partial charge in [-0.1, -0.05) is 11.6 Å². The molecule has 0 saturated carbocycles. The number of rotatable bonds is 1. The number of piperidine rings is 1. The van der Waals surface area contributed by atoms with E-state index in [1.54, 1.807) is 6.07 Å². The first-order valence-electron chi connectivity index (χ1n) is 6.75. The first-order valence-corrected chi connectivity index (χ1v) is 7.13. The lowest BCUT2D eigenvalue weighted by atomic mass is 9.91. The van der Waals surface area contributed by atoms with E-state index >= 15 is 0 Å². The maximum Gasteiger partial charge on any atom is 0.182 e. The maximum atomic E-state index is 14.4. The van der Waals surface area contributed by atoms with Crippen molar-refractivity contribution in [1.29, 1.82) is 0 Å². The van der Waals surface area contributed by atoms with Crippen LogP contribution in [0.3, 0.4) is 0 Å². The maximum absolute atomic E-state index is 14.4. The molecule has 1 atom stereocenters. The number of nitrogens with one attached hydrogen (secondary N) is 1. The van der Waals surface area contributed by atoms with E-state index in [4.69, 9.17) is 21.1 Å². The third-order valence-corrected chi connectivity index (χ3v) is 4.02. The molecule has 5 heteroatoms. The molecule has 2 heterocycles. The molecule has 3 rings (SSSR count). The number of halogens is 2. The van der Waals surface area contributed by atoms with E-state index in [0.717, 1.165) is 32.4 Å². The van der Waals surface area contributed by atoms with Crippen LogP contribution < -0.4 is 14.8 Å². The van der Waals surface area contributed by atoms with Gasteiger partial charge in [-0.05, 0) is 36.9 Å². The zero-order valence-electron chi connectivity index (χ0n) is 10.7. The number of hydrogen-bond acceptors (Lipinski definition) is 3. The molecule has 0 aliphatic carbocycles. The van der Waals surface area contributed by atoms with E-state index < -0.39 is 0 Å². The number of ether oxygens (including phenoxy) is 2. The average Bonchev–Trinajstić information content (AvgIpc) is 2.69. The molecule has 1 aromatic rings. The molecule has 1 aromatic carbocycles. The second kappa shape index (κ2) is 5.55. The third-order valence-electron chi connectivity index (χ3n) is 3.69. The molecule has 0 aromatic heterocycles. The van der Waals surface area contributed by atoms with Gasteiger partial charge in [-0.25, -0.2) is 4.39 Å². The highest BCUT2D eigenvalue weighted by molar-refractivity contribution is 6.32. The zero-order valence-corrected chi connectivity index (χ0v) is 11.4. The van der Waals surface area contributed by atoms with Gasteiger partial charge in [-0.3, -0.25) is 0 Å². The molecule has 19 heavy (non-hydrogen) atoms. The van der Waals surface area contributed by atoms with Crippen molar-refractivity contribution in [2.45, 2.75) is 25.2 Å². The number of fused-ring (bicyclic) bond motifs is 1. The minimum absolute atomic E-state index is 0.0555. The molecule has 1 saturated heterocycles. The number of benzene rings is 1. The molecule has 0 bridgehead atoms. The van der Waals surface area contributed by atoms with Gasteiger partial charge in [0.15, 0.2) is 11.5 Å².